The van der Waals surface area contributed by atoms with Crippen molar-refractivity contribution >= 4 is 16.9 Å². The molecule has 1 heterocycles. The number of halogens is 2. The molecular formula is C7H8F2OS. The second kappa shape index (κ2) is 2.19. The summed E-state index contributed by atoms with van der Waals surface area (Å²) in [6.07, 6.45) is 1.20. The van der Waals surface area contributed by atoms with Gasteiger partial charge in [0.2, 0.25) is 0 Å². The molecule has 0 aromatic carbocycles. The third-order valence-electron chi connectivity index (χ3n) is 2.26. The van der Waals surface area contributed by atoms with Gasteiger partial charge in [0.1, 0.15) is 5.92 Å². The first-order valence-electron chi connectivity index (χ1n) is 3.67. The number of hydrogen-bond acceptors (Lipinski definition) is 2. The van der Waals surface area contributed by atoms with Crippen LogP contribution in [-0.4, -0.2) is 16.8 Å². The van der Waals surface area contributed by atoms with Crippen molar-refractivity contribution in [2.24, 2.45) is 11.8 Å². The smallest absolute Gasteiger partial charge is 0.262 e. The van der Waals surface area contributed by atoms with Crippen molar-refractivity contribution in [3.05, 3.63) is 0 Å². The molecule has 0 spiro atoms. The van der Waals surface area contributed by atoms with E-state index in [1.165, 1.54) is 0 Å². The largest absolute Gasteiger partial charge is 0.287 e. The minimum atomic E-state index is -2.69. The van der Waals surface area contributed by atoms with E-state index in [0.29, 0.717) is 18.6 Å². The van der Waals surface area contributed by atoms with Crippen molar-refractivity contribution in [2.75, 3.05) is 5.75 Å². The average Bonchev–Trinajstić information content (AvgIpc) is 2.63. The number of rotatable bonds is 2. The third-order valence-corrected chi connectivity index (χ3v) is 3.33. The van der Waals surface area contributed by atoms with Crippen molar-refractivity contribution in [1.29, 1.82) is 0 Å². The lowest BCUT2D eigenvalue weighted by Crippen LogP contribution is -2.43. The molecule has 0 amide bonds. The van der Waals surface area contributed by atoms with Gasteiger partial charge in [-0.15, -0.1) is 0 Å². The lowest BCUT2D eigenvalue weighted by atomic mass is 10.00. The standard InChI is InChI=1S/C7H8F2OS/c8-7(9,4-1-2-4)5-3-11-6(5)10/h4-5H,1-3H2. The Morgan fingerprint density at radius 3 is 2.36 bits per heavy atom. The second-order valence-electron chi connectivity index (χ2n) is 3.13. The van der Waals surface area contributed by atoms with Gasteiger partial charge in [-0.2, -0.15) is 0 Å². The van der Waals surface area contributed by atoms with Crippen LogP contribution >= 0.6 is 11.8 Å². The minimum absolute atomic E-state index is 0.318. The van der Waals surface area contributed by atoms with Gasteiger partial charge in [-0.25, -0.2) is 8.78 Å². The summed E-state index contributed by atoms with van der Waals surface area (Å²) in [6.45, 7) is 0. The molecule has 1 aliphatic heterocycles. The zero-order chi connectivity index (χ0) is 8.06. The summed E-state index contributed by atoms with van der Waals surface area (Å²) in [5.41, 5.74) is 0. The van der Waals surface area contributed by atoms with E-state index in [4.69, 9.17) is 0 Å². The van der Waals surface area contributed by atoms with Crippen LogP contribution in [0.25, 0.3) is 0 Å². The maximum atomic E-state index is 13.1. The highest BCUT2D eigenvalue weighted by molar-refractivity contribution is 8.15. The predicted octanol–water partition coefficient (Wildman–Crippen LogP) is 1.92. The summed E-state index contributed by atoms with van der Waals surface area (Å²) in [7, 11) is 0. The molecule has 1 saturated carbocycles. The Kier molecular flexibility index (Phi) is 1.50. The SMILES string of the molecule is O=C1SCC1C(F)(F)C1CC1. The first kappa shape index (κ1) is 7.53. The fraction of sp³-hybridized carbons (Fsp3) is 0.857. The van der Waals surface area contributed by atoms with Crippen LogP contribution in [-0.2, 0) is 4.79 Å². The van der Waals surface area contributed by atoms with Crippen molar-refractivity contribution < 1.29 is 13.6 Å². The Hall–Kier alpha value is -0.120. The van der Waals surface area contributed by atoms with E-state index in [0.717, 1.165) is 11.8 Å². The van der Waals surface area contributed by atoms with Gasteiger partial charge in [-0.3, -0.25) is 4.79 Å². The molecule has 1 nitrogen and oxygen atoms in total. The molecular weight excluding hydrogens is 170 g/mol. The zero-order valence-electron chi connectivity index (χ0n) is 5.85. The van der Waals surface area contributed by atoms with Gasteiger partial charge >= 0.3 is 0 Å². The van der Waals surface area contributed by atoms with Gasteiger partial charge in [0, 0.05) is 11.7 Å². The lowest BCUT2D eigenvalue weighted by molar-refractivity contribution is -0.132. The van der Waals surface area contributed by atoms with Crippen LogP contribution in [0.4, 0.5) is 8.78 Å². The quantitative estimate of drug-likeness (QED) is 0.642. The molecule has 0 bridgehead atoms. The van der Waals surface area contributed by atoms with E-state index in [1.54, 1.807) is 0 Å². The molecule has 11 heavy (non-hydrogen) atoms. The van der Waals surface area contributed by atoms with Crippen LogP contribution in [0.1, 0.15) is 12.8 Å². The monoisotopic (exact) mass is 178 g/mol. The molecule has 0 radical (unpaired) electrons. The molecule has 0 N–H and O–H groups in total. The highest BCUT2D eigenvalue weighted by Crippen LogP contribution is 2.52. The fourth-order valence-corrected chi connectivity index (χ4v) is 2.10. The Labute approximate surface area is 67.5 Å². The molecule has 1 aliphatic carbocycles. The topological polar surface area (TPSA) is 17.1 Å². The maximum Gasteiger partial charge on any atom is 0.262 e. The molecule has 0 aromatic heterocycles. The van der Waals surface area contributed by atoms with Crippen molar-refractivity contribution in [3.8, 4) is 0 Å². The van der Waals surface area contributed by atoms with Crippen LogP contribution in [0.5, 0.6) is 0 Å². The highest BCUT2D eigenvalue weighted by Gasteiger charge is 2.57. The van der Waals surface area contributed by atoms with Crippen LogP contribution in [0.3, 0.4) is 0 Å². The number of thioether (sulfide) groups is 1. The van der Waals surface area contributed by atoms with Crippen LogP contribution < -0.4 is 0 Å². The minimum Gasteiger partial charge on any atom is -0.287 e. The third kappa shape index (κ3) is 1.08. The first-order valence-corrected chi connectivity index (χ1v) is 4.65. The number of hydrogen-bond donors (Lipinski definition) is 0. The first-order chi connectivity index (χ1) is 5.12. The number of carbonyl (C=O) groups is 1. The van der Waals surface area contributed by atoms with Crippen molar-refractivity contribution in [2.45, 2.75) is 18.8 Å². The van der Waals surface area contributed by atoms with Crippen molar-refractivity contribution in [3.63, 3.8) is 0 Å². The summed E-state index contributed by atoms with van der Waals surface area (Å²) in [5.74, 6) is -3.82. The van der Waals surface area contributed by atoms with Crippen LogP contribution in [0, 0.1) is 11.8 Å². The molecule has 2 rings (SSSR count). The second-order valence-corrected chi connectivity index (χ2v) is 4.16. The molecule has 62 valence electrons. The number of alkyl halides is 2. The fourth-order valence-electron chi connectivity index (χ4n) is 1.26. The van der Waals surface area contributed by atoms with Crippen LogP contribution in [0.15, 0.2) is 0 Å². The summed E-state index contributed by atoms with van der Waals surface area (Å²) in [6, 6.07) is 0. The Morgan fingerprint density at radius 2 is 2.09 bits per heavy atom. The molecule has 1 saturated heterocycles. The van der Waals surface area contributed by atoms with Gasteiger partial charge in [0.25, 0.3) is 5.92 Å². The van der Waals surface area contributed by atoms with E-state index in [9.17, 15) is 13.6 Å². The van der Waals surface area contributed by atoms with E-state index < -0.39 is 17.8 Å². The molecule has 0 aromatic rings. The zero-order valence-corrected chi connectivity index (χ0v) is 6.66. The Bertz CT molecular complexity index is 201. The number of carbonyl (C=O) groups excluding carboxylic acids is 1. The van der Waals surface area contributed by atoms with E-state index in [1.807, 2.05) is 0 Å². The van der Waals surface area contributed by atoms with Gasteiger partial charge in [-0.1, -0.05) is 11.8 Å². The van der Waals surface area contributed by atoms with E-state index in [2.05, 4.69) is 0 Å². The van der Waals surface area contributed by atoms with E-state index >= 15 is 0 Å². The molecule has 2 fully saturated rings. The molecule has 4 heteroatoms. The maximum absolute atomic E-state index is 13.1. The Morgan fingerprint density at radius 1 is 1.45 bits per heavy atom. The van der Waals surface area contributed by atoms with Gasteiger partial charge in [-0.05, 0) is 12.8 Å². The summed E-state index contributed by atoms with van der Waals surface area (Å²) in [5, 5.41) is -0.318. The van der Waals surface area contributed by atoms with Gasteiger partial charge in [0.05, 0.1) is 0 Å². The normalized spacial score (nSPS) is 31.8. The summed E-state index contributed by atoms with van der Waals surface area (Å²) >= 11 is 1.02. The molecule has 1 unspecified atom stereocenters. The predicted molar refractivity (Wildman–Crippen MR) is 38.6 cm³/mol. The van der Waals surface area contributed by atoms with Gasteiger partial charge in [0.15, 0.2) is 5.12 Å². The average molecular weight is 178 g/mol. The Balaban J connectivity index is 2.06. The molecule has 2 aliphatic rings. The lowest BCUT2D eigenvalue weighted by Gasteiger charge is -2.30. The highest BCUT2D eigenvalue weighted by atomic mass is 32.2. The molecule has 1 atom stereocenters. The summed E-state index contributed by atoms with van der Waals surface area (Å²) in [4.78, 5) is 10.7. The summed E-state index contributed by atoms with van der Waals surface area (Å²) < 4.78 is 26.1. The van der Waals surface area contributed by atoms with E-state index in [-0.39, 0.29) is 5.12 Å². The van der Waals surface area contributed by atoms with Gasteiger partial charge < -0.3 is 0 Å². The van der Waals surface area contributed by atoms with Crippen molar-refractivity contribution in [1.82, 2.24) is 0 Å². The van der Waals surface area contributed by atoms with Crippen LogP contribution in [0.2, 0.25) is 0 Å².